The van der Waals surface area contributed by atoms with Crippen LogP contribution in [0.4, 0.5) is 0 Å². The zero-order valence-corrected chi connectivity index (χ0v) is 31.3. The molecule has 0 saturated carbocycles. The third kappa shape index (κ3) is 4.79. The fourth-order valence-corrected chi connectivity index (χ4v) is 9.45. The first-order chi connectivity index (χ1) is 28.7. The smallest absolute Gasteiger partial charge is 0.164 e. The van der Waals surface area contributed by atoms with Gasteiger partial charge in [0.05, 0.1) is 5.41 Å². The number of para-hydroxylation sites is 2. The van der Waals surface area contributed by atoms with Crippen LogP contribution in [-0.2, 0) is 5.41 Å². The Morgan fingerprint density at radius 1 is 0.328 bits per heavy atom. The van der Waals surface area contributed by atoms with Crippen molar-refractivity contribution in [1.29, 1.82) is 0 Å². The predicted molar refractivity (Wildman–Crippen MR) is 234 cm³/mol. The van der Waals surface area contributed by atoms with Crippen LogP contribution >= 0.6 is 0 Å². The molecule has 4 heteroatoms. The third-order valence-corrected chi connectivity index (χ3v) is 12.0. The molecule has 1 spiro atoms. The second kappa shape index (κ2) is 12.7. The number of nitrogens with zero attached hydrogens (tertiary/aromatic N) is 3. The summed E-state index contributed by atoms with van der Waals surface area (Å²) in [6.07, 6.45) is 0. The van der Waals surface area contributed by atoms with E-state index in [1.807, 2.05) is 12.1 Å². The van der Waals surface area contributed by atoms with Crippen molar-refractivity contribution in [3.8, 4) is 67.9 Å². The number of benzene rings is 9. The van der Waals surface area contributed by atoms with Gasteiger partial charge in [0.25, 0.3) is 0 Å². The van der Waals surface area contributed by atoms with Gasteiger partial charge in [0.1, 0.15) is 11.5 Å². The summed E-state index contributed by atoms with van der Waals surface area (Å²) in [4.78, 5) is 15.9. The van der Waals surface area contributed by atoms with Crippen LogP contribution in [0.25, 0.3) is 78.0 Å². The van der Waals surface area contributed by atoms with E-state index < -0.39 is 5.41 Å². The molecule has 1 aromatic heterocycles. The normalized spacial score (nSPS) is 13.1. The average molecular weight is 740 g/mol. The van der Waals surface area contributed by atoms with E-state index in [0.29, 0.717) is 17.5 Å². The standard InChI is InChI=1S/C54H33N3O/c1-2-15-38-33-39(32-27-34(38)13-1)52-55-51(37-30-28-36(29-31-37)41-19-11-16-35-14-3-4-17-40(35)41)56-53(57-52)43-20-12-24-47-50(43)42-18-5-6-21-44(42)54(47)45-22-7-9-25-48(45)58-49-26-10-8-23-46(49)54/h1-33H. The van der Waals surface area contributed by atoms with E-state index in [1.54, 1.807) is 0 Å². The minimum absolute atomic E-state index is 0.595. The van der Waals surface area contributed by atoms with Gasteiger partial charge < -0.3 is 4.74 Å². The van der Waals surface area contributed by atoms with E-state index in [9.17, 15) is 0 Å². The van der Waals surface area contributed by atoms with Gasteiger partial charge in [-0.3, -0.25) is 0 Å². The van der Waals surface area contributed by atoms with Crippen molar-refractivity contribution in [2.45, 2.75) is 5.41 Å². The van der Waals surface area contributed by atoms with Crippen LogP contribution in [0.1, 0.15) is 22.3 Å². The van der Waals surface area contributed by atoms with Gasteiger partial charge >= 0.3 is 0 Å². The van der Waals surface area contributed by atoms with Gasteiger partial charge in [0.2, 0.25) is 0 Å². The topological polar surface area (TPSA) is 47.9 Å². The largest absolute Gasteiger partial charge is 0.457 e. The number of fused-ring (bicyclic) bond motifs is 11. The molecule has 1 aliphatic carbocycles. The fraction of sp³-hybridized carbons (Fsp3) is 0.0185. The van der Waals surface area contributed by atoms with Crippen molar-refractivity contribution in [1.82, 2.24) is 15.0 Å². The van der Waals surface area contributed by atoms with Crippen molar-refractivity contribution in [3.63, 3.8) is 0 Å². The number of hydrogen-bond donors (Lipinski definition) is 0. The molecule has 0 atom stereocenters. The predicted octanol–water partition coefficient (Wildman–Crippen LogP) is 13.3. The molecular formula is C54H33N3O. The van der Waals surface area contributed by atoms with Crippen molar-refractivity contribution >= 4 is 21.5 Å². The van der Waals surface area contributed by atoms with Gasteiger partial charge in [-0.1, -0.05) is 182 Å². The molecule has 4 nitrogen and oxygen atoms in total. The highest BCUT2D eigenvalue weighted by Crippen LogP contribution is 2.63. The van der Waals surface area contributed by atoms with Crippen LogP contribution in [0, 0.1) is 0 Å². The van der Waals surface area contributed by atoms with Crippen LogP contribution in [0.15, 0.2) is 200 Å². The molecule has 0 N–H and O–H groups in total. The maximum Gasteiger partial charge on any atom is 0.164 e. The first kappa shape index (κ1) is 32.5. The SMILES string of the molecule is c1ccc2c(c1)Oc1ccccc1C21c2ccccc2-c2c(-c3nc(-c4ccc(-c5cccc6ccccc56)cc4)nc(-c4ccc5ccccc5c4)n3)cccc21. The molecule has 0 fully saturated rings. The highest BCUT2D eigenvalue weighted by atomic mass is 16.5. The molecule has 10 aromatic rings. The Hall–Kier alpha value is -7.69. The molecular weight excluding hydrogens is 707 g/mol. The summed E-state index contributed by atoms with van der Waals surface area (Å²) < 4.78 is 6.59. The molecule has 12 rings (SSSR count). The zero-order chi connectivity index (χ0) is 38.2. The van der Waals surface area contributed by atoms with E-state index in [2.05, 4.69) is 188 Å². The Labute approximate surface area is 335 Å². The van der Waals surface area contributed by atoms with Crippen LogP contribution in [0.5, 0.6) is 11.5 Å². The summed E-state index contributed by atoms with van der Waals surface area (Å²) in [6, 6.07) is 70.8. The molecule has 1 aliphatic heterocycles. The minimum Gasteiger partial charge on any atom is -0.457 e. The fourth-order valence-electron chi connectivity index (χ4n) is 9.45. The van der Waals surface area contributed by atoms with Crippen molar-refractivity contribution in [2.75, 3.05) is 0 Å². The van der Waals surface area contributed by atoms with Gasteiger partial charge in [0.15, 0.2) is 17.5 Å². The monoisotopic (exact) mass is 739 g/mol. The second-order valence-corrected chi connectivity index (χ2v) is 15.1. The van der Waals surface area contributed by atoms with Crippen molar-refractivity contribution < 1.29 is 4.74 Å². The lowest BCUT2D eigenvalue weighted by molar-refractivity contribution is 0.436. The Balaban J connectivity index is 1.09. The van der Waals surface area contributed by atoms with Crippen molar-refractivity contribution in [3.05, 3.63) is 222 Å². The molecule has 2 aliphatic rings. The second-order valence-electron chi connectivity index (χ2n) is 15.1. The van der Waals surface area contributed by atoms with Crippen LogP contribution in [0.2, 0.25) is 0 Å². The highest BCUT2D eigenvalue weighted by molar-refractivity contribution is 5.98. The molecule has 0 radical (unpaired) electrons. The van der Waals surface area contributed by atoms with Gasteiger partial charge in [-0.25, -0.2) is 15.0 Å². The number of ether oxygens (including phenoxy) is 1. The summed E-state index contributed by atoms with van der Waals surface area (Å²) in [7, 11) is 0. The third-order valence-electron chi connectivity index (χ3n) is 12.0. The summed E-state index contributed by atoms with van der Waals surface area (Å²) in [6.45, 7) is 0. The van der Waals surface area contributed by atoms with E-state index in [-0.39, 0.29) is 0 Å². The van der Waals surface area contributed by atoms with Gasteiger partial charge in [-0.05, 0) is 73.1 Å². The van der Waals surface area contributed by atoms with E-state index in [4.69, 9.17) is 19.7 Å². The first-order valence-electron chi connectivity index (χ1n) is 19.7. The zero-order valence-electron chi connectivity index (χ0n) is 31.3. The Bertz CT molecular complexity index is 3230. The minimum atomic E-state index is -0.595. The molecule has 270 valence electrons. The molecule has 2 heterocycles. The summed E-state index contributed by atoms with van der Waals surface area (Å²) in [5, 5.41) is 4.75. The summed E-state index contributed by atoms with van der Waals surface area (Å²) in [5.74, 6) is 3.61. The maximum absolute atomic E-state index is 6.59. The molecule has 0 unspecified atom stereocenters. The quantitative estimate of drug-likeness (QED) is 0.180. The van der Waals surface area contributed by atoms with E-state index in [1.165, 1.54) is 32.8 Å². The highest BCUT2D eigenvalue weighted by Gasteiger charge is 2.51. The number of aromatic nitrogens is 3. The van der Waals surface area contributed by atoms with Gasteiger partial charge in [0, 0.05) is 27.8 Å². The number of hydrogen-bond acceptors (Lipinski definition) is 4. The van der Waals surface area contributed by atoms with E-state index >= 15 is 0 Å². The molecule has 0 bridgehead atoms. The molecule has 0 saturated heterocycles. The Kier molecular flexibility index (Phi) is 7.11. The van der Waals surface area contributed by atoms with Crippen molar-refractivity contribution in [2.24, 2.45) is 0 Å². The molecule has 0 amide bonds. The average Bonchev–Trinajstić information content (AvgIpc) is 3.59. The Morgan fingerprint density at radius 3 is 1.64 bits per heavy atom. The lowest BCUT2D eigenvalue weighted by atomic mass is 9.66. The van der Waals surface area contributed by atoms with Crippen LogP contribution in [-0.4, -0.2) is 15.0 Å². The van der Waals surface area contributed by atoms with E-state index in [0.717, 1.165) is 61.4 Å². The lowest BCUT2D eigenvalue weighted by Crippen LogP contribution is -2.32. The number of rotatable bonds is 4. The lowest BCUT2D eigenvalue weighted by Gasteiger charge is -2.39. The molecule has 9 aromatic carbocycles. The summed E-state index contributed by atoms with van der Waals surface area (Å²) >= 11 is 0. The van der Waals surface area contributed by atoms with Crippen LogP contribution < -0.4 is 4.74 Å². The summed E-state index contributed by atoms with van der Waals surface area (Å²) in [5.41, 5.74) is 11.5. The molecule has 58 heavy (non-hydrogen) atoms. The first-order valence-corrected chi connectivity index (χ1v) is 19.7. The van der Waals surface area contributed by atoms with Gasteiger partial charge in [-0.15, -0.1) is 0 Å². The van der Waals surface area contributed by atoms with Crippen LogP contribution in [0.3, 0.4) is 0 Å². The Morgan fingerprint density at radius 2 is 0.845 bits per heavy atom. The van der Waals surface area contributed by atoms with Gasteiger partial charge in [-0.2, -0.15) is 0 Å². The maximum atomic E-state index is 6.59.